The van der Waals surface area contributed by atoms with Crippen LogP contribution in [-0.4, -0.2) is 51.2 Å². The van der Waals surface area contributed by atoms with Gasteiger partial charge in [-0.1, -0.05) is 0 Å². The lowest BCUT2D eigenvalue weighted by Gasteiger charge is -2.50. The summed E-state index contributed by atoms with van der Waals surface area (Å²) in [5, 5.41) is 4.24. The van der Waals surface area contributed by atoms with Crippen molar-refractivity contribution in [2.24, 2.45) is 7.05 Å². The minimum absolute atomic E-state index is 0.0792. The molecular formula is C15H24N4O. The van der Waals surface area contributed by atoms with Gasteiger partial charge in [0, 0.05) is 45.4 Å². The number of nitrogens with zero attached hydrogens (tertiary/aromatic N) is 4. The van der Waals surface area contributed by atoms with Gasteiger partial charge in [-0.25, -0.2) is 0 Å². The van der Waals surface area contributed by atoms with Gasteiger partial charge in [-0.3, -0.25) is 14.4 Å². The highest BCUT2D eigenvalue weighted by molar-refractivity contribution is 5.77. The zero-order valence-corrected chi connectivity index (χ0v) is 12.5. The molecule has 5 heteroatoms. The molecule has 2 fully saturated rings. The van der Waals surface area contributed by atoms with Crippen molar-refractivity contribution in [3.05, 3.63) is 18.0 Å². The molecule has 0 radical (unpaired) electrons. The first kappa shape index (κ1) is 13.6. The van der Waals surface area contributed by atoms with Crippen LogP contribution in [0.5, 0.6) is 0 Å². The van der Waals surface area contributed by atoms with E-state index in [2.05, 4.69) is 16.2 Å². The Kier molecular flexibility index (Phi) is 3.54. The van der Waals surface area contributed by atoms with Crippen molar-refractivity contribution < 1.29 is 4.79 Å². The van der Waals surface area contributed by atoms with E-state index in [9.17, 15) is 4.79 Å². The van der Waals surface area contributed by atoms with Gasteiger partial charge < -0.3 is 4.90 Å². The summed E-state index contributed by atoms with van der Waals surface area (Å²) < 4.78 is 1.85. The van der Waals surface area contributed by atoms with Crippen LogP contribution in [0, 0.1) is 0 Å². The average Bonchev–Trinajstić information content (AvgIpc) is 2.82. The van der Waals surface area contributed by atoms with E-state index in [-0.39, 0.29) is 5.54 Å². The smallest absolute Gasteiger partial charge is 0.222 e. The number of hydrogen-bond acceptors (Lipinski definition) is 3. The second kappa shape index (κ2) is 5.20. The van der Waals surface area contributed by atoms with Crippen LogP contribution >= 0.6 is 0 Å². The number of likely N-dealkylation sites (tertiary alicyclic amines) is 2. The monoisotopic (exact) mass is 276 g/mol. The number of carbonyl (C=O) groups excluding carboxylic acids is 1. The quantitative estimate of drug-likeness (QED) is 0.820. The highest BCUT2D eigenvalue weighted by Crippen LogP contribution is 2.35. The van der Waals surface area contributed by atoms with Crippen LogP contribution in [0.15, 0.2) is 12.4 Å². The van der Waals surface area contributed by atoms with Crippen molar-refractivity contribution in [2.75, 3.05) is 20.1 Å². The number of piperidine rings is 2. The number of hydrogen-bond donors (Lipinski definition) is 0. The van der Waals surface area contributed by atoms with E-state index in [0.29, 0.717) is 5.91 Å². The summed E-state index contributed by atoms with van der Waals surface area (Å²) in [5.74, 6) is 0.319. The number of likely N-dealkylation sites (N-methyl/N-ethyl adjacent to an activating group) is 1. The van der Waals surface area contributed by atoms with Crippen molar-refractivity contribution in [1.82, 2.24) is 19.6 Å². The first-order chi connectivity index (χ1) is 9.59. The van der Waals surface area contributed by atoms with Gasteiger partial charge in [0.15, 0.2) is 0 Å². The Morgan fingerprint density at radius 1 is 1.30 bits per heavy atom. The molecule has 1 atom stereocenters. The first-order valence-electron chi connectivity index (χ1n) is 7.56. The van der Waals surface area contributed by atoms with Gasteiger partial charge >= 0.3 is 0 Å². The predicted octanol–water partition coefficient (Wildman–Crippen LogP) is 1.40. The molecule has 2 aliphatic rings. The molecule has 5 nitrogen and oxygen atoms in total. The summed E-state index contributed by atoms with van der Waals surface area (Å²) in [4.78, 5) is 16.5. The zero-order chi connectivity index (χ0) is 14.2. The molecule has 20 heavy (non-hydrogen) atoms. The number of aryl methyl sites for hydroxylation is 1. The topological polar surface area (TPSA) is 41.4 Å². The molecule has 3 heterocycles. The maximum atomic E-state index is 12.0. The molecule has 0 aromatic carbocycles. The summed E-state index contributed by atoms with van der Waals surface area (Å²) in [7, 11) is 3.95. The first-order valence-corrected chi connectivity index (χ1v) is 7.56. The van der Waals surface area contributed by atoms with Crippen LogP contribution in [0.1, 0.15) is 37.7 Å². The number of rotatable bonds is 2. The van der Waals surface area contributed by atoms with Crippen LogP contribution in [-0.2, 0) is 18.4 Å². The molecular weight excluding hydrogens is 252 g/mol. The third kappa shape index (κ3) is 2.46. The summed E-state index contributed by atoms with van der Waals surface area (Å²) >= 11 is 0. The van der Waals surface area contributed by atoms with Crippen LogP contribution in [0.3, 0.4) is 0 Å². The van der Waals surface area contributed by atoms with Gasteiger partial charge in [-0.05, 0) is 32.2 Å². The molecule has 0 saturated carbocycles. The zero-order valence-electron chi connectivity index (χ0n) is 12.5. The van der Waals surface area contributed by atoms with Gasteiger partial charge in [-0.15, -0.1) is 0 Å². The number of carbonyl (C=O) groups is 1. The molecule has 0 unspecified atom stereocenters. The Morgan fingerprint density at radius 2 is 2.10 bits per heavy atom. The molecule has 0 N–H and O–H groups in total. The van der Waals surface area contributed by atoms with Crippen molar-refractivity contribution in [2.45, 2.75) is 44.2 Å². The van der Waals surface area contributed by atoms with Crippen LogP contribution in [0.25, 0.3) is 0 Å². The van der Waals surface area contributed by atoms with Gasteiger partial charge in [0.05, 0.1) is 11.7 Å². The molecule has 2 saturated heterocycles. The summed E-state index contributed by atoms with van der Waals surface area (Å²) in [6, 6.07) is 0. The largest absolute Gasteiger partial charge is 0.339 e. The van der Waals surface area contributed by atoms with E-state index >= 15 is 0 Å². The third-order valence-corrected chi connectivity index (χ3v) is 4.92. The van der Waals surface area contributed by atoms with Gasteiger partial charge in [-0.2, -0.15) is 5.10 Å². The highest BCUT2D eigenvalue weighted by Gasteiger charge is 2.43. The minimum Gasteiger partial charge on any atom is -0.339 e. The van der Waals surface area contributed by atoms with E-state index in [1.54, 1.807) is 0 Å². The average molecular weight is 276 g/mol. The van der Waals surface area contributed by atoms with E-state index in [0.717, 1.165) is 45.3 Å². The number of amides is 1. The molecule has 0 aliphatic carbocycles. The maximum absolute atomic E-state index is 12.0. The van der Waals surface area contributed by atoms with Crippen LogP contribution in [0.2, 0.25) is 0 Å². The van der Waals surface area contributed by atoms with Crippen molar-refractivity contribution in [1.29, 1.82) is 0 Å². The predicted molar refractivity (Wildman–Crippen MR) is 77.1 cm³/mol. The van der Waals surface area contributed by atoms with E-state index in [1.165, 1.54) is 12.0 Å². The SMILES string of the molecule is CN1C(=O)CCC[C@@]12CCCN(Cc1cnn(C)c1)C2. The normalized spacial score (nSPS) is 28.3. The lowest BCUT2D eigenvalue weighted by Crippen LogP contribution is -2.60. The Bertz CT molecular complexity index is 494. The maximum Gasteiger partial charge on any atom is 0.222 e. The van der Waals surface area contributed by atoms with Gasteiger partial charge in [0.25, 0.3) is 0 Å². The molecule has 2 aliphatic heterocycles. The highest BCUT2D eigenvalue weighted by atomic mass is 16.2. The number of aromatic nitrogens is 2. The molecule has 1 spiro atoms. The van der Waals surface area contributed by atoms with Crippen molar-refractivity contribution in [3.8, 4) is 0 Å². The lowest BCUT2D eigenvalue weighted by molar-refractivity contribution is -0.142. The second-order valence-corrected chi connectivity index (χ2v) is 6.37. The molecule has 1 aromatic rings. The van der Waals surface area contributed by atoms with E-state index < -0.39 is 0 Å². The van der Waals surface area contributed by atoms with Crippen LogP contribution in [0.4, 0.5) is 0 Å². The third-order valence-electron chi connectivity index (χ3n) is 4.92. The summed E-state index contributed by atoms with van der Waals surface area (Å²) in [6.07, 6.45) is 9.27. The standard InChI is InChI=1S/C15H24N4O/c1-17-10-13(9-16-17)11-19-8-4-7-15(12-19)6-3-5-14(20)18(15)2/h9-10H,3-8,11-12H2,1-2H3/t15-/m0/s1. The van der Waals surface area contributed by atoms with Crippen LogP contribution < -0.4 is 0 Å². The van der Waals surface area contributed by atoms with E-state index in [4.69, 9.17) is 0 Å². The molecule has 1 aromatic heterocycles. The van der Waals surface area contributed by atoms with Crippen molar-refractivity contribution >= 4 is 5.91 Å². The summed E-state index contributed by atoms with van der Waals surface area (Å²) in [5.41, 5.74) is 1.34. The second-order valence-electron chi connectivity index (χ2n) is 6.37. The Morgan fingerprint density at radius 3 is 2.85 bits per heavy atom. The molecule has 1 amide bonds. The van der Waals surface area contributed by atoms with Crippen molar-refractivity contribution in [3.63, 3.8) is 0 Å². The fourth-order valence-corrected chi connectivity index (χ4v) is 3.80. The lowest BCUT2D eigenvalue weighted by atomic mass is 9.80. The Labute approximate surface area is 120 Å². The molecule has 3 rings (SSSR count). The van der Waals surface area contributed by atoms with E-state index in [1.807, 2.05) is 29.9 Å². The summed E-state index contributed by atoms with van der Waals surface area (Å²) in [6.45, 7) is 3.07. The Hall–Kier alpha value is -1.36. The molecule has 110 valence electrons. The fraction of sp³-hybridized carbons (Fsp3) is 0.733. The van der Waals surface area contributed by atoms with Gasteiger partial charge in [0.1, 0.15) is 0 Å². The fourth-order valence-electron chi connectivity index (χ4n) is 3.80. The molecule has 0 bridgehead atoms. The Balaban J connectivity index is 1.71. The van der Waals surface area contributed by atoms with Gasteiger partial charge in [0.2, 0.25) is 5.91 Å². The minimum atomic E-state index is 0.0792.